The molecular weight excluding hydrogens is 413 g/mol. The van der Waals surface area contributed by atoms with Crippen molar-refractivity contribution in [2.75, 3.05) is 20.2 Å². The van der Waals surface area contributed by atoms with E-state index in [1.165, 1.54) is 23.0 Å². The highest BCUT2D eigenvalue weighted by Gasteiger charge is 2.28. The van der Waals surface area contributed by atoms with Gasteiger partial charge in [-0.1, -0.05) is 12.1 Å². The standard InChI is InChI=1S/C24H24FN3O4/c1-16(23(29)27-12-3-4-13-27)32-24(30)21-15-28(19-10-8-18(25)9-11-19)26-22(21)17-6-5-7-20(14-17)31-2/h5-11,14-16H,3-4,12-13H2,1-2H3/t16-/m1/s1. The quantitative estimate of drug-likeness (QED) is 0.548. The van der Waals surface area contributed by atoms with Gasteiger partial charge in [-0.2, -0.15) is 5.10 Å². The van der Waals surface area contributed by atoms with Crippen molar-refractivity contribution < 1.29 is 23.5 Å². The predicted octanol–water partition coefficient (Wildman–Crippen LogP) is 3.85. The van der Waals surface area contributed by atoms with Gasteiger partial charge in [0, 0.05) is 24.8 Å². The van der Waals surface area contributed by atoms with Crippen molar-refractivity contribution in [2.45, 2.75) is 25.9 Å². The molecule has 4 rings (SSSR count). The minimum Gasteiger partial charge on any atom is -0.497 e. The first-order valence-electron chi connectivity index (χ1n) is 10.5. The lowest BCUT2D eigenvalue weighted by molar-refractivity contribution is -0.138. The van der Waals surface area contributed by atoms with Crippen molar-refractivity contribution in [1.29, 1.82) is 0 Å². The summed E-state index contributed by atoms with van der Waals surface area (Å²) in [4.78, 5) is 27.4. The predicted molar refractivity (Wildman–Crippen MR) is 116 cm³/mol. The van der Waals surface area contributed by atoms with Crippen LogP contribution in [-0.2, 0) is 9.53 Å². The van der Waals surface area contributed by atoms with Crippen LogP contribution in [0.3, 0.4) is 0 Å². The van der Waals surface area contributed by atoms with Crippen molar-refractivity contribution in [3.8, 4) is 22.7 Å². The summed E-state index contributed by atoms with van der Waals surface area (Å²) in [6, 6.07) is 12.9. The summed E-state index contributed by atoms with van der Waals surface area (Å²) in [5.74, 6) is -0.625. The highest BCUT2D eigenvalue weighted by Crippen LogP contribution is 2.28. The molecule has 8 heteroatoms. The molecule has 1 aliphatic rings. The average Bonchev–Trinajstić information content (AvgIpc) is 3.49. The topological polar surface area (TPSA) is 73.7 Å². The van der Waals surface area contributed by atoms with E-state index in [1.807, 2.05) is 0 Å². The molecule has 1 amide bonds. The van der Waals surface area contributed by atoms with Crippen LogP contribution in [0.15, 0.2) is 54.7 Å². The van der Waals surface area contributed by atoms with Crippen LogP contribution in [0.4, 0.5) is 4.39 Å². The zero-order valence-electron chi connectivity index (χ0n) is 18.0. The van der Waals surface area contributed by atoms with Crippen LogP contribution in [-0.4, -0.2) is 52.9 Å². The fourth-order valence-corrected chi connectivity index (χ4v) is 3.70. The molecule has 0 bridgehead atoms. The van der Waals surface area contributed by atoms with Crippen LogP contribution in [0.2, 0.25) is 0 Å². The van der Waals surface area contributed by atoms with Gasteiger partial charge in [-0.3, -0.25) is 4.79 Å². The van der Waals surface area contributed by atoms with Gasteiger partial charge in [-0.25, -0.2) is 13.9 Å². The van der Waals surface area contributed by atoms with Crippen molar-refractivity contribution in [3.05, 3.63) is 66.1 Å². The number of halogens is 1. The summed E-state index contributed by atoms with van der Waals surface area (Å²) in [6.07, 6.45) is 2.53. The molecule has 0 aliphatic carbocycles. The van der Waals surface area contributed by atoms with E-state index < -0.39 is 12.1 Å². The number of likely N-dealkylation sites (tertiary alicyclic amines) is 1. The summed E-state index contributed by atoms with van der Waals surface area (Å²) < 4.78 is 25.7. The number of amides is 1. The number of carbonyl (C=O) groups is 2. The number of esters is 1. The SMILES string of the molecule is COc1cccc(-c2nn(-c3ccc(F)cc3)cc2C(=O)O[C@H](C)C(=O)N2CCCC2)c1. The molecule has 32 heavy (non-hydrogen) atoms. The Bertz CT molecular complexity index is 1120. The van der Waals surface area contributed by atoms with Crippen LogP contribution in [0.25, 0.3) is 16.9 Å². The maximum absolute atomic E-state index is 13.4. The van der Waals surface area contributed by atoms with Gasteiger partial charge in [0.15, 0.2) is 6.10 Å². The molecule has 7 nitrogen and oxygen atoms in total. The van der Waals surface area contributed by atoms with Crippen molar-refractivity contribution >= 4 is 11.9 Å². The molecule has 1 saturated heterocycles. The number of hydrogen-bond donors (Lipinski definition) is 0. The summed E-state index contributed by atoms with van der Waals surface area (Å²) in [6.45, 7) is 2.94. The maximum Gasteiger partial charge on any atom is 0.342 e. The van der Waals surface area contributed by atoms with Crippen LogP contribution in [0.5, 0.6) is 5.75 Å². The Morgan fingerprint density at radius 1 is 1.09 bits per heavy atom. The first-order chi connectivity index (χ1) is 15.5. The molecule has 1 fully saturated rings. The number of carbonyl (C=O) groups excluding carboxylic acids is 2. The lowest BCUT2D eigenvalue weighted by atomic mass is 10.1. The third-order valence-corrected chi connectivity index (χ3v) is 5.42. The number of hydrogen-bond acceptors (Lipinski definition) is 5. The lowest BCUT2D eigenvalue weighted by Crippen LogP contribution is -2.38. The van der Waals surface area contributed by atoms with Crippen molar-refractivity contribution in [1.82, 2.24) is 14.7 Å². The Balaban J connectivity index is 1.67. The van der Waals surface area contributed by atoms with E-state index >= 15 is 0 Å². The molecule has 0 unspecified atom stereocenters. The second-order valence-corrected chi connectivity index (χ2v) is 7.62. The second-order valence-electron chi connectivity index (χ2n) is 7.62. The first kappa shape index (κ1) is 21.5. The molecule has 1 aliphatic heterocycles. The molecule has 1 aromatic heterocycles. The van der Waals surface area contributed by atoms with Gasteiger partial charge in [0.1, 0.15) is 22.8 Å². The highest BCUT2D eigenvalue weighted by molar-refractivity contribution is 5.97. The number of ether oxygens (including phenoxy) is 2. The summed E-state index contributed by atoms with van der Waals surface area (Å²) >= 11 is 0. The molecular formula is C24H24FN3O4. The third kappa shape index (κ3) is 4.49. The van der Waals surface area contributed by atoms with Crippen LogP contribution in [0, 0.1) is 5.82 Å². The molecule has 0 N–H and O–H groups in total. The fourth-order valence-electron chi connectivity index (χ4n) is 3.70. The second kappa shape index (κ2) is 9.21. The molecule has 3 aromatic rings. The Morgan fingerprint density at radius 2 is 1.81 bits per heavy atom. The highest BCUT2D eigenvalue weighted by atomic mass is 19.1. The van der Waals surface area contributed by atoms with E-state index in [0.29, 0.717) is 35.8 Å². The molecule has 0 radical (unpaired) electrons. The first-order valence-corrected chi connectivity index (χ1v) is 10.5. The van der Waals surface area contributed by atoms with E-state index in [0.717, 1.165) is 12.8 Å². The maximum atomic E-state index is 13.4. The van der Waals surface area contributed by atoms with E-state index in [9.17, 15) is 14.0 Å². The Morgan fingerprint density at radius 3 is 2.50 bits per heavy atom. The van der Waals surface area contributed by atoms with E-state index in [1.54, 1.807) is 55.3 Å². The monoisotopic (exact) mass is 437 g/mol. The minimum atomic E-state index is -0.909. The smallest absolute Gasteiger partial charge is 0.342 e. The van der Waals surface area contributed by atoms with E-state index in [2.05, 4.69) is 5.10 Å². The molecule has 2 aromatic carbocycles. The number of benzene rings is 2. The minimum absolute atomic E-state index is 0.198. The molecule has 0 saturated carbocycles. The zero-order valence-corrected chi connectivity index (χ0v) is 18.0. The van der Waals surface area contributed by atoms with Gasteiger partial charge in [0.05, 0.1) is 12.8 Å². The van der Waals surface area contributed by atoms with Crippen LogP contribution in [0.1, 0.15) is 30.1 Å². The van der Waals surface area contributed by atoms with Gasteiger partial charge in [0.25, 0.3) is 5.91 Å². The number of methoxy groups -OCH3 is 1. The third-order valence-electron chi connectivity index (χ3n) is 5.42. The average molecular weight is 437 g/mol. The van der Waals surface area contributed by atoms with Crippen molar-refractivity contribution in [2.24, 2.45) is 0 Å². The van der Waals surface area contributed by atoms with E-state index in [-0.39, 0.29) is 17.3 Å². The number of nitrogens with zero attached hydrogens (tertiary/aromatic N) is 3. The van der Waals surface area contributed by atoms with Gasteiger partial charge in [-0.05, 0) is 56.2 Å². The van der Waals surface area contributed by atoms with Gasteiger partial charge in [-0.15, -0.1) is 0 Å². The molecule has 0 spiro atoms. The molecule has 2 heterocycles. The molecule has 1 atom stereocenters. The molecule has 166 valence electrons. The largest absolute Gasteiger partial charge is 0.497 e. The fraction of sp³-hybridized carbons (Fsp3) is 0.292. The Hall–Kier alpha value is -3.68. The van der Waals surface area contributed by atoms with Crippen LogP contribution >= 0.6 is 0 Å². The summed E-state index contributed by atoms with van der Waals surface area (Å²) in [7, 11) is 1.55. The van der Waals surface area contributed by atoms with Gasteiger partial charge in [0.2, 0.25) is 0 Å². The zero-order chi connectivity index (χ0) is 22.7. The Labute approximate surface area is 185 Å². The number of rotatable bonds is 6. The van der Waals surface area contributed by atoms with Gasteiger partial charge < -0.3 is 14.4 Å². The van der Waals surface area contributed by atoms with E-state index in [4.69, 9.17) is 9.47 Å². The normalized spacial score (nSPS) is 14.3. The van der Waals surface area contributed by atoms with Gasteiger partial charge >= 0.3 is 5.97 Å². The number of aromatic nitrogens is 2. The van der Waals surface area contributed by atoms with Crippen molar-refractivity contribution in [3.63, 3.8) is 0 Å². The lowest BCUT2D eigenvalue weighted by Gasteiger charge is -2.20. The Kier molecular flexibility index (Phi) is 6.20. The van der Waals surface area contributed by atoms with Crippen LogP contribution < -0.4 is 4.74 Å². The summed E-state index contributed by atoms with van der Waals surface area (Å²) in [5.41, 5.74) is 1.80. The summed E-state index contributed by atoms with van der Waals surface area (Å²) in [5, 5.41) is 4.55.